The van der Waals surface area contributed by atoms with E-state index in [0.717, 1.165) is 22.6 Å². The molecule has 0 bridgehead atoms. The van der Waals surface area contributed by atoms with Crippen molar-refractivity contribution >= 4 is 33.4 Å². The van der Waals surface area contributed by atoms with Crippen LogP contribution in [0.5, 0.6) is 0 Å². The second-order valence-corrected chi connectivity index (χ2v) is 4.69. The molecule has 3 aromatic rings. The average molecular weight is 260 g/mol. The molecule has 0 heterocycles. The highest BCUT2D eigenvalue weighted by molar-refractivity contribution is 6.07. The summed E-state index contributed by atoms with van der Waals surface area (Å²) in [5.41, 5.74) is 1.15. The topological polar surface area (TPSA) is 34.1 Å². The van der Waals surface area contributed by atoms with Crippen LogP contribution in [0, 0.1) is 0 Å². The Morgan fingerprint density at radius 2 is 1.60 bits per heavy atom. The SMILES string of the molecule is C=C(C=O)c1ccc2c(=O)c3ccccc3ccc2c1. The summed E-state index contributed by atoms with van der Waals surface area (Å²) < 4.78 is 0. The van der Waals surface area contributed by atoms with Gasteiger partial charge in [0.15, 0.2) is 5.43 Å². The number of aldehydes is 1. The molecule has 0 saturated heterocycles. The predicted octanol–water partition coefficient (Wildman–Crippen LogP) is 3.57. The summed E-state index contributed by atoms with van der Waals surface area (Å²) in [6.45, 7) is 3.70. The quantitative estimate of drug-likeness (QED) is 0.521. The number of fused-ring (bicyclic) bond motifs is 2. The Labute approximate surface area is 116 Å². The third kappa shape index (κ3) is 1.91. The number of allylic oxidation sites excluding steroid dienone is 1. The van der Waals surface area contributed by atoms with Crippen molar-refractivity contribution in [3.63, 3.8) is 0 Å². The fourth-order valence-corrected chi connectivity index (χ4v) is 2.35. The second-order valence-electron chi connectivity index (χ2n) is 4.69. The summed E-state index contributed by atoms with van der Waals surface area (Å²) >= 11 is 0. The molecule has 0 spiro atoms. The van der Waals surface area contributed by atoms with Gasteiger partial charge >= 0.3 is 0 Å². The molecular weight excluding hydrogens is 248 g/mol. The van der Waals surface area contributed by atoms with Crippen LogP contribution in [-0.2, 0) is 4.79 Å². The van der Waals surface area contributed by atoms with Crippen LogP contribution in [-0.4, -0.2) is 6.29 Å². The van der Waals surface area contributed by atoms with Crippen LogP contribution < -0.4 is 5.43 Å². The molecule has 0 N–H and O–H groups in total. The molecule has 0 fully saturated rings. The van der Waals surface area contributed by atoms with Gasteiger partial charge in [-0.05, 0) is 28.5 Å². The van der Waals surface area contributed by atoms with E-state index in [2.05, 4.69) is 6.58 Å². The molecule has 20 heavy (non-hydrogen) atoms. The molecule has 0 radical (unpaired) electrons. The molecule has 2 heteroatoms. The second kappa shape index (κ2) is 4.74. The number of carbonyl (C=O) groups excluding carboxylic acids is 1. The van der Waals surface area contributed by atoms with Crippen LogP contribution in [0.1, 0.15) is 5.56 Å². The summed E-state index contributed by atoms with van der Waals surface area (Å²) in [6.07, 6.45) is 0.721. The normalized spacial score (nSPS) is 10.6. The molecule has 3 rings (SSSR count). The van der Waals surface area contributed by atoms with E-state index in [1.165, 1.54) is 0 Å². The number of benzene rings is 2. The minimum absolute atomic E-state index is 0.00358. The zero-order valence-electron chi connectivity index (χ0n) is 10.8. The van der Waals surface area contributed by atoms with Crippen molar-refractivity contribution in [2.45, 2.75) is 0 Å². The van der Waals surface area contributed by atoms with Crippen LogP contribution in [0.25, 0.3) is 27.1 Å². The zero-order valence-corrected chi connectivity index (χ0v) is 10.8. The maximum atomic E-state index is 12.5. The maximum absolute atomic E-state index is 12.5. The largest absolute Gasteiger partial charge is 0.298 e. The van der Waals surface area contributed by atoms with E-state index in [0.29, 0.717) is 16.3 Å². The van der Waals surface area contributed by atoms with Gasteiger partial charge in [-0.3, -0.25) is 9.59 Å². The highest BCUT2D eigenvalue weighted by atomic mass is 16.1. The van der Waals surface area contributed by atoms with Crippen molar-refractivity contribution < 1.29 is 4.79 Å². The maximum Gasteiger partial charge on any atom is 0.194 e. The molecule has 0 aromatic heterocycles. The van der Waals surface area contributed by atoms with Gasteiger partial charge in [-0.2, -0.15) is 0 Å². The highest BCUT2D eigenvalue weighted by Crippen LogP contribution is 2.19. The van der Waals surface area contributed by atoms with Crippen LogP contribution in [0.2, 0.25) is 0 Å². The molecule has 0 saturated carbocycles. The van der Waals surface area contributed by atoms with Gasteiger partial charge in [0.1, 0.15) is 6.29 Å². The summed E-state index contributed by atoms with van der Waals surface area (Å²) in [5.74, 6) is 0. The van der Waals surface area contributed by atoms with Crippen molar-refractivity contribution in [1.82, 2.24) is 0 Å². The van der Waals surface area contributed by atoms with Crippen molar-refractivity contribution in [1.29, 1.82) is 0 Å². The molecule has 0 aliphatic carbocycles. The minimum atomic E-state index is 0.00358. The lowest BCUT2D eigenvalue weighted by Gasteiger charge is -1.99. The third-order valence-electron chi connectivity index (χ3n) is 3.46. The Morgan fingerprint density at radius 3 is 2.40 bits per heavy atom. The summed E-state index contributed by atoms with van der Waals surface area (Å²) in [7, 11) is 0. The molecule has 3 aromatic carbocycles. The van der Waals surface area contributed by atoms with Crippen LogP contribution >= 0.6 is 0 Å². The van der Waals surface area contributed by atoms with Crippen LogP contribution in [0.3, 0.4) is 0 Å². The van der Waals surface area contributed by atoms with Gasteiger partial charge in [-0.15, -0.1) is 0 Å². The van der Waals surface area contributed by atoms with E-state index < -0.39 is 0 Å². The molecule has 96 valence electrons. The van der Waals surface area contributed by atoms with E-state index in [4.69, 9.17) is 0 Å². The molecule has 0 unspecified atom stereocenters. The van der Waals surface area contributed by atoms with E-state index in [1.807, 2.05) is 42.5 Å². The van der Waals surface area contributed by atoms with Gasteiger partial charge in [0.2, 0.25) is 0 Å². The Bertz CT molecular complexity index is 908. The Kier molecular flexibility index (Phi) is 2.92. The monoisotopic (exact) mass is 260 g/mol. The van der Waals surface area contributed by atoms with Crippen molar-refractivity contribution in [3.8, 4) is 0 Å². The van der Waals surface area contributed by atoms with Gasteiger partial charge in [-0.25, -0.2) is 0 Å². The predicted molar refractivity (Wildman–Crippen MR) is 82.8 cm³/mol. The fraction of sp³-hybridized carbons (Fsp3) is 0. The first-order chi connectivity index (χ1) is 9.70. The lowest BCUT2D eigenvalue weighted by Crippen LogP contribution is -1.98. The summed E-state index contributed by atoms with van der Waals surface area (Å²) in [4.78, 5) is 23.3. The highest BCUT2D eigenvalue weighted by Gasteiger charge is 2.04. The summed E-state index contributed by atoms with van der Waals surface area (Å²) in [6, 6.07) is 16.7. The van der Waals surface area contributed by atoms with E-state index in [1.54, 1.807) is 12.1 Å². The van der Waals surface area contributed by atoms with Crippen molar-refractivity contribution in [3.05, 3.63) is 77.0 Å². The van der Waals surface area contributed by atoms with E-state index in [9.17, 15) is 9.59 Å². The molecule has 0 aliphatic heterocycles. The Morgan fingerprint density at radius 1 is 0.900 bits per heavy atom. The number of carbonyl (C=O) groups is 1. The average Bonchev–Trinajstić information content (AvgIpc) is 2.64. The summed E-state index contributed by atoms with van der Waals surface area (Å²) in [5, 5.41) is 3.06. The van der Waals surface area contributed by atoms with E-state index in [-0.39, 0.29) is 5.43 Å². The van der Waals surface area contributed by atoms with Gasteiger partial charge < -0.3 is 0 Å². The van der Waals surface area contributed by atoms with Crippen molar-refractivity contribution in [2.24, 2.45) is 0 Å². The molecular formula is C18H12O2. The zero-order chi connectivity index (χ0) is 14.1. The fourth-order valence-electron chi connectivity index (χ4n) is 2.35. The third-order valence-corrected chi connectivity index (χ3v) is 3.46. The van der Waals surface area contributed by atoms with Crippen LogP contribution in [0.4, 0.5) is 0 Å². The lowest BCUT2D eigenvalue weighted by atomic mass is 10.0. The van der Waals surface area contributed by atoms with Gasteiger partial charge in [0.05, 0.1) is 0 Å². The van der Waals surface area contributed by atoms with Gasteiger partial charge in [0, 0.05) is 16.3 Å². The molecule has 2 nitrogen and oxygen atoms in total. The first kappa shape index (κ1) is 12.3. The number of hydrogen-bond donors (Lipinski definition) is 0. The minimum Gasteiger partial charge on any atom is -0.298 e. The Balaban J connectivity index is 2.45. The first-order valence-electron chi connectivity index (χ1n) is 6.31. The lowest BCUT2D eigenvalue weighted by molar-refractivity contribution is -0.103. The number of rotatable bonds is 2. The van der Waals surface area contributed by atoms with Gasteiger partial charge in [-0.1, -0.05) is 49.0 Å². The van der Waals surface area contributed by atoms with E-state index >= 15 is 0 Å². The van der Waals surface area contributed by atoms with Gasteiger partial charge in [0.25, 0.3) is 0 Å². The molecule has 0 atom stereocenters. The Hall–Kier alpha value is -2.74. The molecule has 0 aliphatic rings. The molecule has 0 amide bonds. The van der Waals surface area contributed by atoms with Crippen molar-refractivity contribution in [2.75, 3.05) is 0 Å². The smallest absolute Gasteiger partial charge is 0.194 e. The standard InChI is InChI=1S/C18H12O2/c1-12(11-19)14-8-9-17-15(10-14)7-6-13-4-2-3-5-16(13)18(17)20/h2-11H,1H2. The van der Waals surface area contributed by atoms with Crippen LogP contribution in [0.15, 0.2) is 66.0 Å². The first-order valence-corrected chi connectivity index (χ1v) is 6.31. The number of hydrogen-bond acceptors (Lipinski definition) is 2.